The van der Waals surface area contributed by atoms with Crippen LogP contribution in [0.4, 0.5) is 5.69 Å². The second-order valence-electron chi connectivity index (χ2n) is 5.90. The van der Waals surface area contributed by atoms with Gasteiger partial charge >= 0.3 is 0 Å². The van der Waals surface area contributed by atoms with Gasteiger partial charge < -0.3 is 14.6 Å². The number of carbonyl (C=O) groups is 1. The molecule has 0 saturated heterocycles. The number of nitrogens with zero attached hydrogens (tertiary/aromatic N) is 3. The molecule has 0 aliphatic heterocycles. The predicted octanol–water partition coefficient (Wildman–Crippen LogP) is 4.06. The Balaban J connectivity index is 1.50. The predicted molar refractivity (Wildman–Crippen MR) is 104 cm³/mol. The first-order valence-corrected chi connectivity index (χ1v) is 8.54. The summed E-state index contributed by atoms with van der Waals surface area (Å²) in [5.41, 5.74) is 2.55. The summed E-state index contributed by atoms with van der Waals surface area (Å²) in [5.74, 6) is 1.31. The first-order chi connectivity index (χ1) is 13.7. The minimum absolute atomic E-state index is 0.270. The van der Waals surface area contributed by atoms with Crippen LogP contribution in [-0.4, -0.2) is 28.1 Å². The zero-order chi connectivity index (χ0) is 19.3. The number of benzene rings is 2. The van der Waals surface area contributed by atoms with Crippen LogP contribution in [0.2, 0.25) is 0 Å². The van der Waals surface area contributed by atoms with Crippen molar-refractivity contribution in [1.29, 1.82) is 0 Å². The molecule has 2 aromatic heterocycles. The average Bonchev–Trinajstić information content (AvgIpc) is 3.25. The molecule has 2 aromatic carbocycles. The molecule has 0 atom stereocenters. The number of nitrogens with one attached hydrogen (secondary N) is 1. The van der Waals surface area contributed by atoms with Gasteiger partial charge in [-0.1, -0.05) is 17.3 Å². The van der Waals surface area contributed by atoms with Gasteiger partial charge in [0.15, 0.2) is 0 Å². The Morgan fingerprint density at radius 1 is 1.00 bits per heavy atom. The average molecular weight is 372 g/mol. The fourth-order valence-electron chi connectivity index (χ4n) is 2.61. The molecule has 1 N–H and O–H groups in total. The van der Waals surface area contributed by atoms with E-state index in [2.05, 4.69) is 20.4 Å². The molecule has 0 saturated carbocycles. The summed E-state index contributed by atoms with van der Waals surface area (Å²) < 4.78 is 10.6. The lowest BCUT2D eigenvalue weighted by atomic mass is 10.2. The van der Waals surface area contributed by atoms with E-state index in [0.29, 0.717) is 28.8 Å². The zero-order valence-electron chi connectivity index (χ0n) is 15.0. The third-order valence-electron chi connectivity index (χ3n) is 4.04. The zero-order valence-corrected chi connectivity index (χ0v) is 15.0. The topological polar surface area (TPSA) is 90.1 Å². The van der Waals surface area contributed by atoms with Crippen LogP contribution in [0.3, 0.4) is 0 Å². The number of rotatable bonds is 5. The fourth-order valence-corrected chi connectivity index (χ4v) is 2.61. The molecule has 138 valence electrons. The largest absolute Gasteiger partial charge is 0.497 e. The van der Waals surface area contributed by atoms with Crippen molar-refractivity contribution in [3.8, 4) is 28.6 Å². The molecule has 4 aromatic rings. The lowest BCUT2D eigenvalue weighted by Gasteiger charge is -2.04. The standard InChI is InChI=1S/C21H16N4O3/c1-27-17-6-4-5-15(13-17)21-24-19(25-28-21)14-8-10-16(11-9-14)23-20(26)18-7-2-3-12-22-18/h2-13H,1H3,(H,23,26). The first kappa shape index (κ1) is 17.4. The molecule has 0 unspecified atom stereocenters. The molecule has 0 aliphatic rings. The van der Waals surface area contributed by atoms with Gasteiger partial charge in [0, 0.05) is 23.0 Å². The van der Waals surface area contributed by atoms with Gasteiger partial charge in [0.05, 0.1) is 7.11 Å². The summed E-state index contributed by atoms with van der Waals surface area (Å²) in [6.45, 7) is 0. The summed E-state index contributed by atoms with van der Waals surface area (Å²) in [5, 5.41) is 6.83. The molecule has 0 radical (unpaired) electrons. The van der Waals surface area contributed by atoms with Crippen LogP contribution in [0.1, 0.15) is 10.5 Å². The lowest BCUT2D eigenvalue weighted by molar-refractivity contribution is 0.102. The third-order valence-corrected chi connectivity index (χ3v) is 4.04. The molecule has 0 bridgehead atoms. The van der Waals surface area contributed by atoms with E-state index in [1.165, 1.54) is 0 Å². The number of aromatic nitrogens is 3. The van der Waals surface area contributed by atoms with Crippen LogP contribution in [-0.2, 0) is 0 Å². The molecule has 0 aliphatic carbocycles. The Morgan fingerprint density at radius 3 is 2.61 bits per heavy atom. The number of hydrogen-bond donors (Lipinski definition) is 1. The van der Waals surface area contributed by atoms with Crippen LogP contribution in [0.5, 0.6) is 5.75 Å². The van der Waals surface area contributed by atoms with Crippen LogP contribution in [0, 0.1) is 0 Å². The molecule has 0 fully saturated rings. The van der Waals surface area contributed by atoms with E-state index < -0.39 is 0 Å². The van der Waals surface area contributed by atoms with Crippen molar-refractivity contribution in [1.82, 2.24) is 15.1 Å². The Labute approximate surface area is 161 Å². The summed E-state index contributed by atoms with van der Waals surface area (Å²) in [6, 6.07) is 19.8. The lowest BCUT2D eigenvalue weighted by Crippen LogP contribution is -2.13. The SMILES string of the molecule is COc1cccc(-c2nc(-c3ccc(NC(=O)c4ccccn4)cc3)no2)c1. The second kappa shape index (κ2) is 7.71. The smallest absolute Gasteiger partial charge is 0.274 e. The molecule has 2 heterocycles. The van der Waals surface area contributed by atoms with E-state index in [4.69, 9.17) is 9.26 Å². The van der Waals surface area contributed by atoms with Crippen molar-refractivity contribution in [2.24, 2.45) is 0 Å². The van der Waals surface area contributed by atoms with Gasteiger partial charge in [-0.3, -0.25) is 9.78 Å². The van der Waals surface area contributed by atoms with Crippen LogP contribution in [0.15, 0.2) is 77.4 Å². The van der Waals surface area contributed by atoms with E-state index in [-0.39, 0.29) is 5.91 Å². The molecule has 0 spiro atoms. The minimum Gasteiger partial charge on any atom is -0.497 e. The Morgan fingerprint density at radius 2 is 1.86 bits per heavy atom. The van der Waals surface area contributed by atoms with Crippen molar-refractivity contribution < 1.29 is 14.1 Å². The summed E-state index contributed by atoms with van der Waals surface area (Å²) in [4.78, 5) is 20.6. The number of carbonyl (C=O) groups excluding carboxylic acids is 1. The van der Waals surface area contributed by atoms with Gasteiger partial charge in [-0.05, 0) is 54.6 Å². The van der Waals surface area contributed by atoms with Gasteiger partial charge in [0.2, 0.25) is 5.82 Å². The van der Waals surface area contributed by atoms with Gasteiger partial charge in [0.1, 0.15) is 11.4 Å². The highest BCUT2D eigenvalue weighted by molar-refractivity contribution is 6.02. The van der Waals surface area contributed by atoms with E-state index in [0.717, 1.165) is 11.1 Å². The van der Waals surface area contributed by atoms with Crippen LogP contribution >= 0.6 is 0 Å². The number of methoxy groups -OCH3 is 1. The first-order valence-electron chi connectivity index (χ1n) is 8.54. The molecule has 7 nitrogen and oxygen atoms in total. The van der Waals surface area contributed by atoms with E-state index in [1.54, 1.807) is 43.6 Å². The molecular formula is C21H16N4O3. The van der Waals surface area contributed by atoms with Gasteiger partial charge in [-0.25, -0.2) is 0 Å². The van der Waals surface area contributed by atoms with E-state index >= 15 is 0 Å². The monoisotopic (exact) mass is 372 g/mol. The second-order valence-corrected chi connectivity index (χ2v) is 5.90. The summed E-state index contributed by atoms with van der Waals surface area (Å²) in [6.07, 6.45) is 1.58. The molecule has 7 heteroatoms. The van der Waals surface area contributed by atoms with Crippen molar-refractivity contribution in [3.05, 3.63) is 78.6 Å². The van der Waals surface area contributed by atoms with E-state index in [9.17, 15) is 4.79 Å². The van der Waals surface area contributed by atoms with Gasteiger partial charge in [-0.15, -0.1) is 0 Å². The third kappa shape index (κ3) is 3.73. The molecule has 4 rings (SSSR count). The Hall–Kier alpha value is -4.00. The maximum atomic E-state index is 12.2. The Kier molecular flexibility index (Phi) is 4.79. The number of pyridine rings is 1. The quantitative estimate of drug-likeness (QED) is 0.568. The van der Waals surface area contributed by atoms with Gasteiger partial charge in [0.25, 0.3) is 11.8 Å². The number of amides is 1. The number of hydrogen-bond acceptors (Lipinski definition) is 6. The molecular weight excluding hydrogens is 356 g/mol. The highest BCUT2D eigenvalue weighted by atomic mass is 16.5. The summed E-state index contributed by atoms with van der Waals surface area (Å²) >= 11 is 0. The highest BCUT2D eigenvalue weighted by Gasteiger charge is 2.12. The van der Waals surface area contributed by atoms with Crippen LogP contribution in [0.25, 0.3) is 22.8 Å². The minimum atomic E-state index is -0.270. The number of ether oxygens (including phenoxy) is 1. The van der Waals surface area contributed by atoms with E-state index in [1.807, 2.05) is 36.4 Å². The molecule has 28 heavy (non-hydrogen) atoms. The van der Waals surface area contributed by atoms with Gasteiger partial charge in [-0.2, -0.15) is 4.98 Å². The normalized spacial score (nSPS) is 10.5. The highest BCUT2D eigenvalue weighted by Crippen LogP contribution is 2.25. The van der Waals surface area contributed by atoms with Crippen LogP contribution < -0.4 is 10.1 Å². The Bertz CT molecular complexity index is 1090. The maximum absolute atomic E-state index is 12.2. The summed E-state index contributed by atoms with van der Waals surface area (Å²) in [7, 11) is 1.60. The molecule has 1 amide bonds. The van der Waals surface area contributed by atoms with Crippen molar-refractivity contribution >= 4 is 11.6 Å². The van der Waals surface area contributed by atoms with Crippen molar-refractivity contribution in [3.63, 3.8) is 0 Å². The number of anilines is 1. The fraction of sp³-hybridized carbons (Fsp3) is 0.0476. The maximum Gasteiger partial charge on any atom is 0.274 e. The van der Waals surface area contributed by atoms with Crippen molar-refractivity contribution in [2.75, 3.05) is 12.4 Å². The van der Waals surface area contributed by atoms with Crippen molar-refractivity contribution in [2.45, 2.75) is 0 Å².